The van der Waals surface area contributed by atoms with E-state index in [0.717, 1.165) is 17.1 Å². The topological polar surface area (TPSA) is 56.5 Å². The molecule has 0 bridgehead atoms. The molecular weight excluding hydrogens is 262 g/mol. The maximum atomic E-state index is 4.61. The summed E-state index contributed by atoms with van der Waals surface area (Å²) in [5, 5.41) is 8.08. The number of nitrogens with zero attached hydrogens (tertiary/aromatic N) is 5. The number of aromatic nitrogens is 5. The Kier molecular flexibility index (Phi) is 2.67. The summed E-state index contributed by atoms with van der Waals surface area (Å²) >= 11 is 0. The zero-order valence-electron chi connectivity index (χ0n) is 11.1. The quantitative estimate of drug-likeness (QED) is 0.563. The van der Waals surface area contributed by atoms with E-state index >= 15 is 0 Å². The molecule has 0 fully saturated rings. The van der Waals surface area contributed by atoms with Crippen molar-refractivity contribution in [3.05, 3.63) is 67.0 Å². The molecule has 0 aliphatic heterocycles. The Hall–Kier alpha value is -3.08. The molecule has 0 saturated heterocycles. The van der Waals surface area contributed by atoms with Crippen LogP contribution in [-0.4, -0.2) is 24.7 Å². The van der Waals surface area contributed by atoms with Gasteiger partial charge in [-0.25, -0.2) is 9.97 Å². The number of hydrogen-bond acceptors (Lipinski definition) is 4. The summed E-state index contributed by atoms with van der Waals surface area (Å²) in [4.78, 5) is 8.82. The summed E-state index contributed by atoms with van der Waals surface area (Å²) in [6.07, 6.45) is 1.42. The Morgan fingerprint density at radius 1 is 0.810 bits per heavy atom. The van der Waals surface area contributed by atoms with Gasteiger partial charge in [-0.1, -0.05) is 48.5 Å². The highest BCUT2D eigenvalue weighted by atomic mass is 15.2. The van der Waals surface area contributed by atoms with Crippen LogP contribution >= 0.6 is 0 Å². The zero-order chi connectivity index (χ0) is 14.1. The van der Waals surface area contributed by atoms with Crippen LogP contribution in [0.25, 0.3) is 28.4 Å². The van der Waals surface area contributed by atoms with E-state index in [-0.39, 0.29) is 0 Å². The molecule has 0 spiro atoms. The Bertz CT molecular complexity index is 884. The van der Waals surface area contributed by atoms with Crippen molar-refractivity contribution >= 4 is 11.3 Å². The van der Waals surface area contributed by atoms with E-state index in [2.05, 4.69) is 20.2 Å². The molecule has 5 nitrogen and oxygen atoms in total. The van der Waals surface area contributed by atoms with Crippen LogP contribution in [0.2, 0.25) is 0 Å². The molecule has 2 aromatic carbocycles. The van der Waals surface area contributed by atoms with Crippen LogP contribution in [0.15, 0.2) is 67.0 Å². The second kappa shape index (κ2) is 4.79. The molecule has 0 saturated carbocycles. The van der Waals surface area contributed by atoms with Crippen LogP contribution in [0.4, 0.5) is 0 Å². The third kappa shape index (κ3) is 1.95. The third-order valence-electron chi connectivity index (χ3n) is 3.27. The van der Waals surface area contributed by atoms with Crippen molar-refractivity contribution in [2.24, 2.45) is 0 Å². The van der Waals surface area contributed by atoms with E-state index in [4.69, 9.17) is 0 Å². The summed E-state index contributed by atoms with van der Waals surface area (Å²) in [6, 6.07) is 20.0. The molecule has 4 aromatic rings. The Labute approximate surface area is 120 Å². The van der Waals surface area contributed by atoms with Crippen molar-refractivity contribution in [3.8, 4) is 17.1 Å². The first-order valence-corrected chi connectivity index (χ1v) is 6.60. The smallest absolute Gasteiger partial charge is 0.206 e. The van der Waals surface area contributed by atoms with Crippen LogP contribution in [0.3, 0.4) is 0 Å². The van der Waals surface area contributed by atoms with Crippen molar-refractivity contribution in [2.45, 2.75) is 0 Å². The molecule has 0 atom stereocenters. The zero-order valence-corrected chi connectivity index (χ0v) is 11.1. The molecule has 4 rings (SSSR count). The van der Waals surface area contributed by atoms with Gasteiger partial charge in [0.25, 0.3) is 0 Å². The van der Waals surface area contributed by atoms with Gasteiger partial charge >= 0.3 is 0 Å². The first kappa shape index (κ1) is 11.7. The largest absolute Gasteiger partial charge is 0.274 e. The number of benzene rings is 2. The fraction of sp³-hybridized carbons (Fsp3) is 0. The Morgan fingerprint density at radius 3 is 2.29 bits per heavy atom. The molecule has 2 heterocycles. The normalized spacial score (nSPS) is 10.9. The van der Waals surface area contributed by atoms with Crippen molar-refractivity contribution in [3.63, 3.8) is 0 Å². The number of rotatable bonds is 2. The summed E-state index contributed by atoms with van der Waals surface area (Å²) in [5.41, 5.74) is 3.25. The minimum Gasteiger partial charge on any atom is -0.274 e. The predicted molar refractivity (Wildman–Crippen MR) is 79.9 cm³/mol. The SMILES string of the molecule is c1ccc(-c2nc3ncnnc3n2-c2ccccc2)cc1. The van der Waals surface area contributed by atoms with Crippen molar-refractivity contribution < 1.29 is 0 Å². The van der Waals surface area contributed by atoms with Gasteiger partial charge in [-0.2, -0.15) is 0 Å². The lowest BCUT2D eigenvalue weighted by Crippen LogP contribution is -1.99. The van der Waals surface area contributed by atoms with Gasteiger partial charge in [0.05, 0.1) is 0 Å². The monoisotopic (exact) mass is 273 g/mol. The molecular formula is C16H11N5. The molecule has 0 radical (unpaired) electrons. The molecule has 0 unspecified atom stereocenters. The number of imidazole rings is 1. The summed E-state index contributed by atoms with van der Waals surface area (Å²) in [7, 11) is 0. The first-order chi connectivity index (χ1) is 10.4. The fourth-order valence-electron chi connectivity index (χ4n) is 2.34. The van der Waals surface area contributed by atoms with E-state index in [1.54, 1.807) is 0 Å². The highest BCUT2D eigenvalue weighted by Gasteiger charge is 2.15. The van der Waals surface area contributed by atoms with Gasteiger partial charge in [0.15, 0.2) is 0 Å². The van der Waals surface area contributed by atoms with Crippen molar-refractivity contribution in [1.82, 2.24) is 24.7 Å². The third-order valence-corrected chi connectivity index (χ3v) is 3.27. The van der Waals surface area contributed by atoms with Crippen LogP contribution in [-0.2, 0) is 0 Å². The average Bonchev–Trinajstić information content (AvgIpc) is 2.96. The summed E-state index contributed by atoms with van der Waals surface area (Å²) in [5.74, 6) is 0.810. The van der Waals surface area contributed by atoms with Crippen LogP contribution in [0, 0.1) is 0 Å². The molecule has 100 valence electrons. The Balaban J connectivity index is 2.07. The molecule has 21 heavy (non-hydrogen) atoms. The lowest BCUT2D eigenvalue weighted by atomic mass is 10.2. The molecule has 0 amide bonds. The minimum absolute atomic E-state index is 0.590. The maximum absolute atomic E-state index is 4.61. The van der Waals surface area contributed by atoms with Gasteiger partial charge in [-0.3, -0.25) is 4.57 Å². The average molecular weight is 273 g/mol. The molecule has 0 N–H and O–H groups in total. The van der Waals surface area contributed by atoms with Crippen LogP contribution < -0.4 is 0 Å². The van der Waals surface area contributed by atoms with E-state index in [1.165, 1.54) is 6.33 Å². The lowest BCUT2D eigenvalue weighted by molar-refractivity contribution is 0.976. The minimum atomic E-state index is 0.590. The molecule has 0 aliphatic rings. The highest BCUT2D eigenvalue weighted by Crippen LogP contribution is 2.25. The fourth-order valence-corrected chi connectivity index (χ4v) is 2.34. The maximum Gasteiger partial charge on any atom is 0.206 e. The van der Waals surface area contributed by atoms with Crippen LogP contribution in [0.1, 0.15) is 0 Å². The van der Waals surface area contributed by atoms with Crippen molar-refractivity contribution in [2.75, 3.05) is 0 Å². The molecule has 2 aromatic heterocycles. The molecule has 0 aliphatic carbocycles. The second-order valence-corrected chi connectivity index (χ2v) is 4.58. The summed E-state index contributed by atoms with van der Waals surface area (Å²) in [6.45, 7) is 0. The van der Waals surface area contributed by atoms with E-state index in [9.17, 15) is 0 Å². The van der Waals surface area contributed by atoms with E-state index < -0.39 is 0 Å². The standard InChI is InChI=1S/C16H11N5/c1-3-7-12(8-4-1)15-19-14-16(20-18-11-17-14)21(15)13-9-5-2-6-10-13/h1-11H. The highest BCUT2D eigenvalue weighted by molar-refractivity contribution is 5.76. The number of para-hydroxylation sites is 1. The lowest BCUT2D eigenvalue weighted by Gasteiger charge is -2.07. The van der Waals surface area contributed by atoms with E-state index in [1.807, 2.05) is 65.2 Å². The van der Waals surface area contributed by atoms with Crippen molar-refractivity contribution in [1.29, 1.82) is 0 Å². The van der Waals surface area contributed by atoms with Gasteiger partial charge < -0.3 is 0 Å². The van der Waals surface area contributed by atoms with Crippen LogP contribution in [0.5, 0.6) is 0 Å². The van der Waals surface area contributed by atoms with Gasteiger partial charge in [0.2, 0.25) is 11.3 Å². The first-order valence-electron chi connectivity index (χ1n) is 6.60. The van der Waals surface area contributed by atoms with E-state index in [0.29, 0.717) is 11.3 Å². The van der Waals surface area contributed by atoms with Gasteiger partial charge in [0, 0.05) is 11.3 Å². The van der Waals surface area contributed by atoms with Gasteiger partial charge in [-0.05, 0) is 12.1 Å². The second-order valence-electron chi connectivity index (χ2n) is 4.58. The number of fused-ring (bicyclic) bond motifs is 1. The Morgan fingerprint density at radius 2 is 1.52 bits per heavy atom. The van der Waals surface area contributed by atoms with Gasteiger partial charge in [-0.15, -0.1) is 10.2 Å². The predicted octanol–water partition coefficient (Wildman–Crippen LogP) is 2.88. The number of hydrogen-bond donors (Lipinski definition) is 0. The molecule has 5 heteroatoms. The van der Waals surface area contributed by atoms with Gasteiger partial charge in [0.1, 0.15) is 12.2 Å². The summed E-state index contributed by atoms with van der Waals surface area (Å²) < 4.78 is 1.98.